The minimum atomic E-state index is -2.37. The summed E-state index contributed by atoms with van der Waals surface area (Å²) in [6.07, 6.45) is -3.34. The Morgan fingerprint density at radius 2 is 1.30 bits per heavy atom. The molecule has 0 radical (unpaired) electrons. The monoisotopic (exact) mass is 785 g/mol. The zero-order valence-corrected chi connectivity index (χ0v) is 32.1. The molecule has 1 aliphatic rings. The van der Waals surface area contributed by atoms with Crippen LogP contribution >= 0.6 is 0 Å². The van der Waals surface area contributed by atoms with Crippen LogP contribution in [-0.2, 0) is 35.8 Å². The highest BCUT2D eigenvalue weighted by molar-refractivity contribution is 5.95. The van der Waals surface area contributed by atoms with Crippen molar-refractivity contribution in [2.24, 2.45) is 5.73 Å². The second-order valence-electron chi connectivity index (χ2n) is 14.8. The number of anilines is 1. The molecule has 1 saturated heterocycles. The predicted molar refractivity (Wildman–Crippen MR) is 203 cm³/mol. The van der Waals surface area contributed by atoms with E-state index in [1.165, 1.54) is 36.4 Å². The molecule has 0 unspecified atom stereocenters. The number of carbonyl (C=O) groups is 5. The van der Waals surface area contributed by atoms with Crippen molar-refractivity contribution in [3.63, 3.8) is 0 Å². The molecule has 1 amide bonds. The number of carboxylic acid groups (broad SMARTS) is 2. The molecule has 16 heteroatoms. The second kappa shape index (κ2) is 17.2. The number of hydrogen-bond acceptors (Lipinski definition) is 12. The molecule has 4 aromatic rings. The van der Waals surface area contributed by atoms with E-state index in [4.69, 9.17) is 24.9 Å². The standard InChI is InChI=1S/C41H44FN5O10/c1-24-6-10-26(11-7-24)36(52)55-32(34(48)49)33(35(50)51)56-37(53)27-12-8-25(9-13-27)22-31-30(41(5,43)28-14-16-29(42)17-15-28)23-44-38(45-31)46-18-20-47(21-19-46)39(54)57-40(2,3)4/h6-17,23,32-33H,18-22,43H2,1-5H3,(H,48,49)(H,50,51)/t32-,33-,41-/m0/s1. The van der Waals surface area contributed by atoms with Gasteiger partial charge in [0.15, 0.2) is 0 Å². The molecule has 5 rings (SSSR count). The van der Waals surface area contributed by atoms with Crippen molar-refractivity contribution >= 4 is 35.9 Å². The number of nitrogens with zero attached hydrogens (tertiary/aromatic N) is 4. The third-order valence-corrected chi connectivity index (χ3v) is 9.15. The Labute approximate surface area is 328 Å². The van der Waals surface area contributed by atoms with E-state index in [2.05, 4.69) is 4.98 Å². The summed E-state index contributed by atoms with van der Waals surface area (Å²) in [6.45, 7) is 10.5. The normalized spacial score (nSPS) is 15.1. The number of piperazine rings is 1. The number of benzene rings is 3. The van der Waals surface area contributed by atoms with Crippen molar-refractivity contribution in [3.05, 3.63) is 124 Å². The summed E-state index contributed by atoms with van der Waals surface area (Å²) in [4.78, 5) is 75.6. The SMILES string of the molecule is Cc1ccc(C(=O)O[C@H](C(=O)O)[C@H](OC(=O)c2ccc(Cc3nc(N4CCN(C(=O)OC(C)(C)C)CC4)ncc3[C@@](C)(N)c3ccc(F)cc3)cc2)C(=O)O)cc1. The van der Waals surface area contributed by atoms with Gasteiger partial charge in [0.2, 0.25) is 18.2 Å². The lowest BCUT2D eigenvalue weighted by atomic mass is 9.84. The first-order valence-corrected chi connectivity index (χ1v) is 18.0. The van der Waals surface area contributed by atoms with E-state index in [1.54, 1.807) is 82.1 Å². The smallest absolute Gasteiger partial charge is 0.410 e. The van der Waals surface area contributed by atoms with Crippen LogP contribution in [0.25, 0.3) is 0 Å². The van der Waals surface area contributed by atoms with Gasteiger partial charge in [0, 0.05) is 44.4 Å². The average Bonchev–Trinajstić information content (AvgIpc) is 3.16. The molecule has 0 bridgehead atoms. The lowest BCUT2D eigenvalue weighted by Crippen LogP contribution is -2.50. The van der Waals surface area contributed by atoms with Crippen LogP contribution in [0.15, 0.2) is 79.0 Å². The fourth-order valence-electron chi connectivity index (χ4n) is 5.99. The zero-order chi connectivity index (χ0) is 41.7. The number of hydrogen-bond donors (Lipinski definition) is 3. The molecule has 3 aromatic carbocycles. The van der Waals surface area contributed by atoms with Gasteiger partial charge in [0.05, 0.1) is 22.4 Å². The van der Waals surface area contributed by atoms with Gasteiger partial charge in [-0.15, -0.1) is 0 Å². The first kappa shape index (κ1) is 41.7. The maximum Gasteiger partial charge on any atom is 0.410 e. The maximum absolute atomic E-state index is 13.8. The minimum absolute atomic E-state index is 0.0229. The maximum atomic E-state index is 13.8. The van der Waals surface area contributed by atoms with Gasteiger partial charge in [-0.1, -0.05) is 42.0 Å². The molecule has 15 nitrogen and oxygen atoms in total. The Morgan fingerprint density at radius 3 is 1.79 bits per heavy atom. The van der Waals surface area contributed by atoms with Gasteiger partial charge in [-0.05, 0) is 82.1 Å². The van der Waals surface area contributed by atoms with Crippen LogP contribution < -0.4 is 10.6 Å². The summed E-state index contributed by atoms with van der Waals surface area (Å²) in [5, 5.41) is 19.5. The second-order valence-corrected chi connectivity index (χ2v) is 14.8. The topological polar surface area (TPSA) is 212 Å². The van der Waals surface area contributed by atoms with Crippen molar-refractivity contribution in [1.29, 1.82) is 0 Å². The average molecular weight is 786 g/mol. The predicted octanol–water partition coefficient (Wildman–Crippen LogP) is 4.71. The van der Waals surface area contributed by atoms with E-state index >= 15 is 0 Å². The number of aliphatic carboxylic acids is 2. The molecule has 4 N–H and O–H groups in total. The summed E-state index contributed by atoms with van der Waals surface area (Å²) in [7, 11) is 0. The summed E-state index contributed by atoms with van der Waals surface area (Å²) >= 11 is 0. The van der Waals surface area contributed by atoms with Gasteiger partial charge < -0.3 is 40.0 Å². The van der Waals surface area contributed by atoms with Crippen LogP contribution in [0.1, 0.15) is 76.4 Å². The number of esters is 2. The third-order valence-electron chi connectivity index (χ3n) is 9.15. The van der Waals surface area contributed by atoms with E-state index in [-0.39, 0.29) is 17.5 Å². The quantitative estimate of drug-likeness (QED) is 0.131. The fraction of sp³-hybridized carbons (Fsp3) is 0.341. The Balaban J connectivity index is 1.36. The van der Waals surface area contributed by atoms with Crippen LogP contribution in [-0.4, -0.2) is 99.0 Å². The number of aromatic nitrogens is 2. The van der Waals surface area contributed by atoms with Crippen LogP contribution in [0.5, 0.6) is 0 Å². The molecule has 300 valence electrons. The molecule has 57 heavy (non-hydrogen) atoms. The van der Waals surface area contributed by atoms with Crippen LogP contribution in [0.3, 0.4) is 0 Å². The lowest BCUT2D eigenvalue weighted by molar-refractivity contribution is -0.166. The van der Waals surface area contributed by atoms with Gasteiger partial charge >= 0.3 is 30.0 Å². The molecule has 3 atom stereocenters. The van der Waals surface area contributed by atoms with Crippen molar-refractivity contribution < 1.29 is 52.8 Å². The number of rotatable bonds is 12. The number of carboxylic acids is 2. The lowest BCUT2D eigenvalue weighted by Gasteiger charge is -2.36. The highest BCUT2D eigenvalue weighted by atomic mass is 19.1. The van der Waals surface area contributed by atoms with E-state index in [9.17, 15) is 38.6 Å². The molecule has 0 aliphatic carbocycles. The van der Waals surface area contributed by atoms with Crippen molar-refractivity contribution in [3.8, 4) is 0 Å². The Bertz CT molecular complexity index is 2110. The Hall–Kier alpha value is -6.42. The number of aryl methyl sites for hydroxylation is 1. The van der Waals surface area contributed by atoms with E-state index in [0.29, 0.717) is 54.5 Å². The van der Waals surface area contributed by atoms with Gasteiger partial charge in [0.25, 0.3) is 0 Å². The van der Waals surface area contributed by atoms with E-state index in [1.807, 2.05) is 4.90 Å². The minimum Gasteiger partial charge on any atom is -0.478 e. The number of nitrogens with two attached hydrogens (primary N) is 1. The van der Waals surface area contributed by atoms with Gasteiger partial charge in [-0.3, -0.25) is 0 Å². The first-order valence-electron chi connectivity index (χ1n) is 18.0. The first-order chi connectivity index (χ1) is 26.8. The van der Waals surface area contributed by atoms with Crippen molar-refractivity contribution in [1.82, 2.24) is 14.9 Å². The van der Waals surface area contributed by atoms with Gasteiger partial charge in [-0.25, -0.2) is 38.3 Å². The van der Waals surface area contributed by atoms with Crippen molar-refractivity contribution in [2.75, 3.05) is 31.1 Å². The van der Waals surface area contributed by atoms with Gasteiger partial charge in [-0.2, -0.15) is 0 Å². The summed E-state index contributed by atoms with van der Waals surface area (Å²) in [6, 6.07) is 17.6. The molecule has 1 aliphatic heterocycles. The zero-order valence-electron chi connectivity index (χ0n) is 32.1. The van der Waals surface area contributed by atoms with E-state index < -0.39 is 59.1 Å². The highest BCUT2D eigenvalue weighted by Crippen LogP contribution is 2.31. The third kappa shape index (κ3) is 10.5. The van der Waals surface area contributed by atoms with Crippen LogP contribution in [0.4, 0.5) is 15.1 Å². The van der Waals surface area contributed by atoms with Crippen LogP contribution in [0, 0.1) is 12.7 Å². The largest absolute Gasteiger partial charge is 0.478 e. The number of carbonyl (C=O) groups excluding carboxylic acids is 3. The number of ether oxygens (including phenoxy) is 3. The van der Waals surface area contributed by atoms with Crippen molar-refractivity contribution in [2.45, 2.75) is 64.4 Å². The molecule has 1 aromatic heterocycles. The number of halogens is 1. The molecule has 0 spiro atoms. The molecular formula is C41H44FN5O10. The molecule has 2 heterocycles. The van der Waals surface area contributed by atoms with E-state index in [0.717, 1.165) is 5.56 Å². The fourth-order valence-corrected chi connectivity index (χ4v) is 5.99. The summed E-state index contributed by atoms with van der Waals surface area (Å²) in [5.41, 5.74) is 8.07. The number of amides is 1. The van der Waals surface area contributed by atoms with Gasteiger partial charge in [0.1, 0.15) is 11.4 Å². The van der Waals surface area contributed by atoms with Crippen LogP contribution in [0.2, 0.25) is 0 Å². The highest BCUT2D eigenvalue weighted by Gasteiger charge is 2.41. The molecular weight excluding hydrogens is 741 g/mol. The molecule has 0 saturated carbocycles. The molecule has 1 fully saturated rings. The Morgan fingerprint density at radius 1 is 0.789 bits per heavy atom. The summed E-state index contributed by atoms with van der Waals surface area (Å²) < 4.78 is 29.4. The summed E-state index contributed by atoms with van der Waals surface area (Å²) in [5.74, 6) is -5.99. The Kier molecular flexibility index (Phi) is 12.6.